The summed E-state index contributed by atoms with van der Waals surface area (Å²) in [4.78, 5) is 24.9. The zero-order valence-corrected chi connectivity index (χ0v) is 17.4. The summed E-state index contributed by atoms with van der Waals surface area (Å²) in [6.45, 7) is 7.05. The van der Waals surface area contributed by atoms with Crippen molar-refractivity contribution in [2.45, 2.75) is 32.6 Å². The van der Waals surface area contributed by atoms with Gasteiger partial charge in [0.15, 0.2) is 5.78 Å². The number of morpholine rings is 1. The average molecular weight is 406 g/mol. The lowest BCUT2D eigenvalue weighted by Crippen LogP contribution is -2.38. The number of aromatic nitrogens is 2. The van der Waals surface area contributed by atoms with E-state index in [1.807, 2.05) is 30.3 Å². The van der Waals surface area contributed by atoms with Crippen LogP contribution in [0, 0.1) is 5.41 Å². The van der Waals surface area contributed by atoms with Gasteiger partial charge in [0.1, 0.15) is 11.6 Å². The summed E-state index contributed by atoms with van der Waals surface area (Å²) in [6, 6.07) is 10.1. The second-order valence-corrected chi connectivity index (χ2v) is 9.07. The van der Waals surface area contributed by atoms with Crippen LogP contribution in [0.25, 0.3) is 0 Å². The first-order chi connectivity index (χ1) is 14.4. The first-order valence-corrected chi connectivity index (χ1v) is 10.5. The van der Waals surface area contributed by atoms with E-state index >= 15 is 0 Å². The van der Waals surface area contributed by atoms with Gasteiger partial charge in [-0.1, -0.05) is 44.2 Å². The maximum atomic E-state index is 13.3. The Balaban J connectivity index is 1.67. The van der Waals surface area contributed by atoms with Gasteiger partial charge in [-0.05, 0) is 17.4 Å². The Morgan fingerprint density at radius 3 is 2.60 bits per heavy atom. The molecular weight excluding hydrogens is 378 g/mol. The van der Waals surface area contributed by atoms with E-state index in [0.717, 1.165) is 41.9 Å². The van der Waals surface area contributed by atoms with Crippen LogP contribution in [0.5, 0.6) is 0 Å². The third kappa shape index (κ3) is 3.23. The number of carbonyl (C=O) groups is 1. The van der Waals surface area contributed by atoms with Gasteiger partial charge < -0.3 is 20.7 Å². The Hall–Kier alpha value is -2.93. The molecule has 1 unspecified atom stereocenters. The molecule has 1 atom stereocenters. The fraction of sp³-hybridized carbons (Fsp3) is 0.435. The molecule has 3 aliphatic rings. The number of carbonyl (C=O) groups excluding carboxylic acids is 1. The minimum atomic E-state index is -0.250. The number of benzene rings is 1. The molecule has 1 aromatic carbocycles. The Labute approximate surface area is 176 Å². The van der Waals surface area contributed by atoms with E-state index in [4.69, 9.17) is 15.5 Å². The van der Waals surface area contributed by atoms with E-state index in [1.165, 1.54) is 0 Å². The normalized spacial score (nSPS) is 22.9. The predicted molar refractivity (Wildman–Crippen MR) is 116 cm³/mol. The number of ketones is 1. The highest BCUT2D eigenvalue weighted by atomic mass is 16.5. The van der Waals surface area contributed by atoms with Crippen LogP contribution in [0.15, 0.2) is 41.6 Å². The number of hydrogen-bond acceptors (Lipinski definition) is 7. The lowest BCUT2D eigenvalue weighted by molar-refractivity contribution is -0.118. The number of rotatable bonds is 2. The van der Waals surface area contributed by atoms with Crippen LogP contribution < -0.4 is 16.0 Å². The largest absolute Gasteiger partial charge is 0.383 e. The molecule has 3 N–H and O–H groups in total. The topological polar surface area (TPSA) is 93.4 Å². The van der Waals surface area contributed by atoms with Gasteiger partial charge in [0.2, 0.25) is 5.95 Å². The molecule has 0 bridgehead atoms. The highest BCUT2D eigenvalue weighted by Crippen LogP contribution is 2.50. The maximum Gasteiger partial charge on any atom is 0.229 e. The van der Waals surface area contributed by atoms with Crippen molar-refractivity contribution in [3.05, 3.63) is 52.7 Å². The summed E-state index contributed by atoms with van der Waals surface area (Å²) in [5.74, 6) is 1.66. The maximum absolute atomic E-state index is 13.3. The second kappa shape index (κ2) is 7.09. The van der Waals surface area contributed by atoms with Crippen molar-refractivity contribution < 1.29 is 9.53 Å². The molecule has 30 heavy (non-hydrogen) atoms. The van der Waals surface area contributed by atoms with Crippen LogP contribution in [0.3, 0.4) is 0 Å². The quantitative estimate of drug-likeness (QED) is 0.793. The number of allylic oxidation sites excluding steroid dienone is 2. The van der Waals surface area contributed by atoms with Crippen molar-refractivity contribution in [1.29, 1.82) is 0 Å². The molecule has 156 valence electrons. The third-order valence-corrected chi connectivity index (χ3v) is 6.16. The van der Waals surface area contributed by atoms with Gasteiger partial charge in [-0.3, -0.25) is 4.79 Å². The summed E-state index contributed by atoms with van der Waals surface area (Å²) >= 11 is 0. The van der Waals surface area contributed by atoms with Crippen molar-refractivity contribution in [2.24, 2.45) is 5.41 Å². The van der Waals surface area contributed by atoms with E-state index in [1.54, 1.807) is 0 Å². The number of nitrogens with one attached hydrogen (secondary N) is 1. The third-order valence-electron chi connectivity index (χ3n) is 6.16. The van der Waals surface area contributed by atoms with Crippen LogP contribution in [0.2, 0.25) is 0 Å². The lowest BCUT2D eigenvalue weighted by Gasteiger charge is -2.39. The monoisotopic (exact) mass is 405 g/mol. The number of nitrogens with zero attached hydrogens (tertiary/aromatic N) is 3. The number of Topliss-reactive ketones (excluding diaryl/α,β-unsaturated/α-hetero) is 1. The summed E-state index contributed by atoms with van der Waals surface area (Å²) < 4.78 is 5.46. The number of nitrogens with two attached hydrogens (primary N) is 1. The van der Waals surface area contributed by atoms with E-state index in [0.29, 0.717) is 37.2 Å². The van der Waals surface area contributed by atoms with Gasteiger partial charge in [0.05, 0.1) is 13.2 Å². The van der Waals surface area contributed by atoms with E-state index in [-0.39, 0.29) is 17.1 Å². The smallest absolute Gasteiger partial charge is 0.229 e. The van der Waals surface area contributed by atoms with Crippen molar-refractivity contribution in [1.82, 2.24) is 9.97 Å². The molecule has 0 amide bonds. The molecule has 0 spiro atoms. The zero-order valence-electron chi connectivity index (χ0n) is 17.4. The number of ether oxygens (including phenoxy) is 1. The number of nitrogen functional groups attached to an aromatic ring is 1. The van der Waals surface area contributed by atoms with Gasteiger partial charge in [-0.15, -0.1) is 0 Å². The highest BCUT2D eigenvalue weighted by molar-refractivity contribution is 6.02. The average Bonchev–Trinajstić information content (AvgIpc) is 2.72. The molecule has 2 aliphatic heterocycles. The van der Waals surface area contributed by atoms with Crippen molar-refractivity contribution >= 4 is 23.4 Å². The summed E-state index contributed by atoms with van der Waals surface area (Å²) in [7, 11) is 0. The molecule has 5 rings (SSSR count). The van der Waals surface area contributed by atoms with Crippen LogP contribution >= 0.6 is 0 Å². The SMILES string of the molecule is CC1(C)CC(=O)C2=C(C1)Nc1nc(N3CCOCC3)nc(N)c1C2c1ccccc1. The summed E-state index contributed by atoms with van der Waals surface area (Å²) in [6.07, 6.45) is 1.33. The number of hydrogen-bond donors (Lipinski definition) is 2. The molecule has 1 aromatic heterocycles. The van der Waals surface area contributed by atoms with Gasteiger partial charge in [0.25, 0.3) is 0 Å². The van der Waals surface area contributed by atoms with E-state index < -0.39 is 0 Å². The van der Waals surface area contributed by atoms with E-state index in [9.17, 15) is 4.79 Å². The van der Waals surface area contributed by atoms with Crippen molar-refractivity contribution in [3.8, 4) is 0 Å². The number of fused-ring (bicyclic) bond motifs is 1. The molecule has 0 radical (unpaired) electrons. The van der Waals surface area contributed by atoms with E-state index in [2.05, 4.69) is 29.0 Å². The van der Waals surface area contributed by atoms with Gasteiger partial charge in [-0.25, -0.2) is 0 Å². The Morgan fingerprint density at radius 2 is 1.87 bits per heavy atom. The fourth-order valence-electron chi connectivity index (χ4n) is 4.81. The van der Waals surface area contributed by atoms with Crippen LogP contribution in [0.4, 0.5) is 17.6 Å². The van der Waals surface area contributed by atoms with Crippen molar-refractivity contribution in [2.75, 3.05) is 42.3 Å². The minimum absolute atomic E-state index is 0.0900. The predicted octanol–water partition coefficient (Wildman–Crippen LogP) is 3.10. The van der Waals surface area contributed by atoms with Gasteiger partial charge in [0, 0.05) is 42.3 Å². The Morgan fingerprint density at radius 1 is 1.13 bits per heavy atom. The van der Waals surface area contributed by atoms with Crippen molar-refractivity contribution in [3.63, 3.8) is 0 Å². The Kier molecular flexibility index (Phi) is 4.50. The molecule has 7 nitrogen and oxygen atoms in total. The molecule has 1 saturated heterocycles. The fourth-order valence-corrected chi connectivity index (χ4v) is 4.81. The van der Waals surface area contributed by atoms with Crippen LogP contribution in [-0.2, 0) is 9.53 Å². The second-order valence-electron chi connectivity index (χ2n) is 9.07. The molecule has 1 aliphatic carbocycles. The molecule has 1 fully saturated rings. The zero-order chi connectivity index (χ0) is 20.9. The molecular formula is C23H27N5O2. The molecule has 0 saturated carbocycles. The lowest BCUT2D eigenvalue weighted by atomic mass is 9.69. The minimum Gasteiger partial charge on any atom is -0.383 e. The molecule has 7 heteroatoms. The van der Waals surface area contributed by atoms with Gasteiger partial charge in [-0.2, -0.15) is 9.97 Å². The highest BCUT2D eigenvalue weighted by Gasteiger charge is 2.42. The first kappa shape index (κ1) is 19.1. The summed E-state index contributed by atoms with van der Waals surface area (Å²) in [5, 5.41) is 3.47. The molecule has 2 aromatic rings. The van der Waals surface area contributed by atoms with Crippen LogP contribution in [-0.4, -0.2) is 42.1 Å². The number of anilines is 3. The first-order valence-electron chi connectivity index (χ1n) is 10.5. The standard InChI is InChI=1S/C23H27N5O2/c1-23(2)12-15-18(16(29)13-23)17(14-6-4-3-5-7-14)19-20(24)26-22(27-21(19)25-15)28-8-10-30-11-9-28/h3-7,17H,8-13H2,1-2H3,(H3,24,25,26,27). The molecule has 3 heterocycles. The van der Waals surface area contributed by atoms with Crippen LogP contribution in [0.1, 0.15) is 43.7 Å². The van der Waals surface area contributed by atoms with Gasteiger partial charge >= 0.3 is 0 Å². The Bertz CT molecular complexity index is 1030. The summed E-state index contributed by atoms with van der Waals surface area (Å²) in [5.41, 5.74) is 10.0.